The number of pyridine rings is 1. The molecule has 1 unspecified atom stereocenters. The summed E-state index contributed by atoms with van der Waals surface area (Å²) in [6.07, 6.45) is 4.70. The zero-order valence-electron chi connectivity index (χ0n) is 13.2. The van der Waals surface area contributed by atoms with Gasteiger partial charge in [0, 0.05) is 12.2 Å². The summed E-state index contributed by atoms with van der Waals surface area (Å²) < 4.78 is 0.978. The highest BCUT2D eigenvalue weighted by atomic mass is 35.5. The molecule has 1 amide bonds. The molecule has 1 saturated heterocycles. The van der Waals surface area contributed by atoms with Gasteiger partial charge in [-0.3, -0.25) is 9.78 Å². The minimum atomic E-state index is -0.0688. The fourth-order valence-electron chi connectivity index (χ4n) is 2.99. The predicted octanol–water partition coefficient (Wildman–Crippen LogP) is 4.23. The number of hydrogen-bond acceptors (Lipinski definition) is 4. The van der Waals surface area contributed by atoms with E-state index in [4.69, 9.17) is 23.2 Å². The number of aromatic nitrogens is 1. The standard InChI is InChI=1S/C17H19Cl2N3OS/c18-15-10-14(16(19)24-15)17(23)22(11-12-4-1-2-8-21-12)13-5-3-7-20-9-6-13/h1-2,4,8,10,13,20H,3,5-7,9,11H2. The first-order chi connectivity index (χ1) is 11.6. The summed E-state index contributed by atoms with van der Waals surface area (Å²) in [7, 11) is 0. The summed E-state index contributed by atoms with van der Waals surface area (Å²) in [6.45, 7) is 2.38. The van der Waals surface area contributed by atoms with Crippen LogP contribution < -0.4 is 5.32 Å². The number of thiophene rings is 1. The Labute approximate surface area is 155 Å². The van der Waals surface area contributed by atoms with Gasteiger partial charge in [0.2, 0.25) is 0 Å². The first-order valence-corrected chi connectivity index (χ1v) is 9.59. The average Bonchev–Trinajstić information content (AvgIpc) is 2.79. The van der Waals surface area contributed by atoms with Gasteiger partial charge in [-0.15, -0.1) is 11.3 Å². The lowest BCUT2D eigenvalue weighted by Gasteiger charge is -2.31. The van der Waals surface area contributed by atoms with Crippen LogP contribution in [0.15, 0.2) is 30.5 Å². The number of rotatable bonds is 4. The minimum absolute atomic E-state index is 0.0688. The van der Waals surface area contributed by atoms with Gasteiger partial charge in [-0.05, 0) is 50.6 Å². The molecule has 128 valence electrons. The summed E-state index contributed by atoms with van der Waals surface area (Å²) in [4.78, 5) is 19.4. The largest absolute Gasteiger partial charge is 0.330 e. The van der Waals surface area contributed by atoms with E-state index in [1.165, 1.54) is 11.3 Å². The van der Waals surface area contributed by atoms with Crippen LogP contribution in [-0.4, -0.2) is 34.9 Å². The summed E-state index contributed by atoms with van der Waals surface area (Å²) in [5, 5.41) is 3.39. The average molecular weight is 384 g/mol. The molecule has 3 heterocycles. The maximum Gasteiger partial charge on any atom is 0.256 e. The highest BCUT2D eigenvalue weighted by Gasteiger charge is 2.28. The molecule has 2 aromatic heterocycles. The summed E-state index contributed by atoms with van der Waals surface area (Å²) in [6, 6.07) is 7.59. The molecule has 4 nitrogen and oxygen atoms in total. The summed E-state index contributed by atoms with van der Waals surface area (Å²) >= 11 is 13.5. The molecule has 0 spiro atoms. The molecule has 1 atom stereocenters. The Morgan fingerprint density at radius 2 is 2.21 bits per heavy atom. The zero-order valence-corrected chi connectivity index (χ0v) is 15.5. The second-order valence-corrected chi connectivity index (χ2v) is 8.11. The summed E-state index contributed by atoms with van der Waals surface area (Å²) in [5.74, 6) is -0.0688. The predicted molar refractivity (Wildman–Crippen MR) is 99.0 cm³/mol. The summed E-state index contributed by atoms with van der Waals surface area (Å²) in [5.41, 5.74) is 1.36. The first kappa shape index (κ1) is 17.7. The fourth-order valence-corrected chi connectivity index (χ4v) is 4.43. The Hall–Kier alpha value is -1.14. The number of carbonyl (C=O) groups excluding carboxylic acids is 1. The first-order valence-electron chi connectivity index (χ1n) is 8.01. The van der Waals surface area contributed by atoms with Crippen molar-refractivity contribution in [3.8, 4) is 0 Å². The molecule has 0 aliphatic carbocycles. The molecule has 1 aliphatic rings. The second-order valence-electron chi connectivity index (χ2n) is 5.83. The number of amides is 1. The Morgan fingerprint density at radius 3 is 2.92 bits per heavy atom. The molecule has 1 N–H and O–H groups in total. The van der Waals surface area contributed by atoms with Gasteiger partial charge in [-0.25, -0.2) is 0 Å². The smallest absolute Gasteiger partial charge is 0.256 e. The molecule has 1 aliphatic heterocycles. The fraction of sp³-hybridized carbons (Fsp3) is 0.412. The minimum Gasteiger partial charge on any atom is -0.330 e. The van der Waals surface area contributed by atoms with Crippen molar-refractivity contribution in [3.05, 3.63) is 50.4 Å². The van der Waals surface area contributed by atoms with Gasteiger partial charge < -0.3 is 10.2 Å². The quantitative estimate of drug-likeness (QED) is 0.858. The normalized spacial score (nSPS) is 18.2. The molecule has 7 heteroatoms. The van der Waals surface area contributed by atoms with Crippen molar-refractivity contribution in [1.82, 2.24) is 15.2 Å². The second kappa shape index (κ2) is 8.30. The zero-order chi connectivity index (χ0) is 16.9. The number of nitrogens with zero attached hydrogens (tertiary/aromatic N) is 2. The number of hydrogen-bond donors (Lipinski definition) is 1. The highest BCUT2D eigenvalue weighted by molar-refractivity contribution is 7.20. The van der Waals surface area contributed by atoms with Crippen molar-refractivity contribution in [2.75, 3.05) is 13.1 Å². The molecule has 1 fully saturated rings. The lowest BCUT2D eigenvalue weighted by molar-refractivity contribution is 0.0643. The molecular formula is C17H19Cl2N3OS. The molecule has 3 rings (SSSR count). The van der Waals surface area contributed by atoms with Gasteiger partial charge in [0.15, 0.2) is 0 Å². The van der Waals surface area contributed by atoms with E-state index < -0.39 is 0 Å². The van der Waals surface area contributed by atoms with E-state index in [0.29, 0.717) is 20.8 Å². The maximum absolute atomic E-state index is 13.1. The van der Waals surface area contributed by atoms with Crippen LogP contribution in [0.5, 0.6) is 0 Å². The van der Waals surface area contributed by atoms with Gasteiger partial charge >= 0.3 is 0 Å². The van der Waals surface area contributed by atoms with Crippen molar-refractivity contribution in [2.45, 2.75) is 31.8 Å². The molecule has 2 aromatic rings. The van der Waals surface area contributed by atoms with Crippen molar-refractivity contribution in [2.24, 2.45) is 0 Å². The Morgan fingerprint density at radius 1 is 1.33 bits per heavy atom. The van der Waals surface area contributed by atoms with E-state index in [0.717, 1.165) is 38.0 Å². The van der Waals surface area contributed by atoms with Gasteiger partial charge in [0.1, 0.15) is 4.34 Å². The van der Waals surface area contributed by atoms with E-state index in [2.05, 4.69) is 10.3 Å². The molecule has 0 bridgehead atoms. The van der Waals surface area contributed by atoms with Crippen molar-refractivity contribution >= 4 is 40.4 Å². The van der Waals surface area contributed by atoms with Crippen LogP contribution in [0.1, 0.15) is 35.3 Å². The van der Waals surface area contributed by atoms with Crippen LogP contribution in [-0.2, 0) is 6.54 Å². The lowest BCUT2D eigenvalue weighted by atomic mass is 10.1. The highest BCUT2D eigenvalue weighted by Crippen LogP contribution is 2.33. The van der Waals surface area contributed by atoms with Crippen LogP contribution in [0.2, 0.25) is 8.67 Å². The van der Waals surface area contributed by atoms with Crippen LogP contribution in [0, 0.1) is 0 Å². The van der Waals surface area contributed by atoms with Crippen LogP contribution >= 0.6 is 34.5 Å². The van der Waals surface area contributed by atoms with E-state index in [9.17, 15) is 4.79 Å². The molecule has 24 heavy (non-hydrogen) atoms. The molecule has 0 radical (unpaired) electrons. The number of carbonyl (C=O) groups is 1. The van der Waals surface area contributed by atoms with E-state index in [1.807, 2.05) is 23.1 Å². The topological polar surface area (TPSA) is 45.2 Å². The van der Waals surface area contributed by atoms with E-state index in [1.54, 1.807) is 12.3 Å². The van der Waals surface area contributed by atoms with Crippen LogP contribution in [0.3, 0.4) is 0 Å². The van der Waals surface area contributed by atoms with E-state index in [-0.39, 0.29) is 11.9 Å². The van der Waals surface area contributed by atoms with Gasteiger partial charge in [-0.2, -0.15) is 0 Å². The Kier molecular flexibility index (Phi) is 6.11. The van der Waals surface area contributed by atoms with Crippen LogP contribution in [0.4, 0.5) is 0 Å². The van der Waals surface area contributed by atoms with E-state index >= 15 is 0 Å². The lowest BCUT2D eigenvalue weighted by Crippen LogP contribution is -2.40. The Balaban J connectivity index is 1.88. The molecular weight excluding hydrogens is 365 g/mol. The van der Waals surface area contributed by atoms with Gasteiger partial charge in [-0.1, -0.05) is 29.3 Å². The van der Waals surface area contributed by atoms with Crippen molar-refractivity contribution in [3.63, 3.8) is 0 Å². The SMILES string of the molecule is O=C(c1cc(Cl)sc1Cl)N(Cc1ccccn1)C1CCCNCC1. The Bertz CT molecular complexity index is 684. The third-order valence-electron chi connectivity index (χ3n) is 4.19. The maximum atomic E-state index is 13.1. The number of halogens is 2. The van der Waals surface area contributed by atoms with Gasteiger partial charge in [0.05, 0.1) is 22.1 Å². The van der Waals surface area contributed by atoms with Crippen LogP contribution in [0.25, 0.3) is 0 Å². The third kappa shape index (κ3) is 4.28. The molecule has 0 saturated carbocycles. The van der Waals surface area contributed by atoms with Crippen molar-refractivity contribution < 1.29 is 4.79 Å². The monoisotopic (exact) mass is 383 g/mol. The van der Waals surface area contributed by atoms with Gasteiger partial charge in [0.25, 0.3) is 5.91 Å². The third-order valence-corrected chi connectivity index (χ3v) is 5.68. The molecule has 0 aromatic carbocycles. The van der Waals surface area contributed by atoms with Crippen molar-refractivity contribution in [1.29, 1.82) is 0 Å². The number of nitrogens with one attached hydrogen (secondary N) is 1.